The number of hydrogen-bond donors (Lipinski definition) is 1. The highest BCUT2D eigenvalue weighted by atomic mass is 16.6. The highest BCUT2D eigenvalue weighted by Gasteiger charge is 2.36. The molecular weight excluding hydrogens is 308 g/mol. The third-order valence-electron chi connectivity index (χ3n) is 4.49. The van der Waals surface area contributed by atoms with Crippen LogP contribution < -0.4 is 5.32 Å². The summed E-state index contributed by atoms with van der Waals surface area (Å²) >= 11 is 0. The number of aryl methyl sites for hydroxylation is 1. The van der Waals surface area contributed by atoms with Gasteiger partial charge in [-0.1, -0.05) is 13.8 Å². The largest absolute Gasteiger partial charge is 0.469 e. The highest BCUT2D eigenvalue weighted by molar-refractivity contribution is 5.94. The summed E-state index contributed by atoms with van der Waals surface area (Å²) < 4.78 is 5.66. The zero-order chi connectivity index (χ0) is 17.5. The van der Waals surface area contributed by atoms with Gasteiger partial charge in [0.05, 0.1) is 17.2 Å². The van der Waals surface area contributed by atoms with E-state index in [0.29, 0.717) is 5.56 Å². The molecule has 126 valence electrons. The molecule has 0 bridgehead atoms. The first kappa shape index (κ1) is 16.2. The van der Waals surface area contributed by atoms with E-state index in [1.165, 1.54) is 24.3 Å². The van der Waals surface area contributed by atoms with Crippen molar-refractivity contribution < 1.29 is 14.1 Å². The van der Waals surface area contributed by atoms with Crippen LogP contribution in [0.5, 0.6) is 0 Å². The van der Waals surface area contributed by atoms with Crippen LogP contribution in [-0.4, -0.2) is 10.8 Å². The summed E-state index contributed by atoms with van der Waals surface area (Å²) in [7, 11) is 0. The van der Waals surface area contributed by atoms with Crippen molar-refractivity contribution in [3.63, 3.8) is 0 Å². The molecule has 24 heavy (non-hydrogen) atoms. The van der Waals surface area contributed by atoms with E-state index in [1.54, 1.807) is 6.26 Å². The number of nitrogens with one attached hydrogen (secondary N) is 1. The molecule has 0 aliphatic heterocycles. The molecule has 2 aromatic rings. The number of carbonyl (C=O) groups is 1. The van der Waals surface area contributed by atoms with Crippen molar-refractivity contribution in [2.45, 2.75) is 39.7 Å². The standard InChI is InChI=1S/C18H20N2O4/c1-11-10-24-15-9-18(2,3)8-14(16(11)15)19-17(21)12-4-6-13(7-5-12)20(22)23/h4-7,10,14H,8-9H2,1-3H3,(H,19,21). The van der Waals surface area contributed by atoms with Crippen molar-refractivity contribution in [1.29, 1.82) is 0 Å². The minimum absolute atomic E-state index is 0.0293. The number of nitro groups is 1. The Bertz CT molecular complexity index is 790. The highest BCUT2D eigenvalue weighted by Crippen LogP contribution is 2.42. The quantitative estimate of drug-likeness (QED) is 0.683. The Hall–Kier alpha value is -2.63. The molecule has 6 heteroatoms. The van der Waals surface area contributed by atoms with Crippen molar-refractivity contribution in [3.8, 4) is 0 Å². The zero-order valence-corrected chi connectivity index (χ0v) is 14.0. The van der Waals surface area contributed by atoms with Gasteiger partial charge in [-0.2, -0.15) is 0 Å². The number of nitro benzene ring substituents is 1. The van der Waals surface area contributed by atoms with Gasteiger partial charge in [0.15, 0.2) is 0 Å². The van der Waals surface area contributed by atoms with E-state index in [0.717, 1.165) is 29.7 Å². The fourth-order valence-corrected chi connectivity index (χ4v) is 3.37. The Morgan fingerprint density at radius 1 is 1.33 bits per heavy atom. The van der Waals surface area contributed by atoms with Crippen LogP contribution in [0.2, 0.25) is 0 Å². The van der Waals surface area contributed by atoms with Crippen LogP contribution in [0, 0.1) is 22.5 Å². The molecule has 1 aromatic heterocycles. The van der Waals surface area contributed by atoms with Crippen molar-refractivity contribution in [1.82, 2.24) is 5.32 Å². The van der Waals surface area contributed by atoms with Crippen molar-refractivity contribution in [2.24, 2.45) is 5.41 Å². The molecule has 1 aliphatic carbocycles. The second kappa shape index (κ2) is 5.78. The second-order valence-electron chi connectivity index (χ2n) is 7.13. The molecule has 0 saturated heterocycles. The van der Waals surface area contributed by atoms with Gasteiger partial charge in [0.25, 0.3) is 11.6 Å². The van der Waals surface area contributed by atoms with E-state index in [9.17, 15) is 14.9 Å². The molecule has 1 atom stereocenters. The molecule has 6 nitrogen and oxygen atoms in total. The van der Waals surface area contributed by atoms with E-state index in [1.807, 2.05) is 6.92 Å². The summed E-state index contributed by atoms with van der Waals surface area (Å²) in [6, 6.07) is 5.52. The summed E-state index contributed by atoms with van der Waals surface area (Å²) in [5.41, 5.74) is 2.51. The maximum Gasteiger partial charge on any atom is 0.269 e. The first-order valence-corrected chi connectivity index (χ1v) is 7.89. The summed E-state index contributed by atoms with van der Waals surface area (Å²) in [4.78, 5) is 22.8. The fraction of sp³-hybridized carbons (Fsp3) is 0.389. The SMILES string of the molecule is Cc1coc2c1C(NC(=O)c1ccc([N+](=O)[O-])cc1)CC(C)(C)C2. The Kier molecular flexibility index (Phi) is 3.91. The third-order valence-corrected chi connectivity index (χ3v) is 4.49. The Morgan fingerprint density at radius 2 is 2.00 bits per heavy atom. The number of rotatable bonds is 3. The molecule has 0 fully saturated rings. The van der Waals surface area contributed by atoms with E-state index in [2.05, 4.69) is 19.2 Å². The molecular formula is C18H20N2O4. The normalized spacial score (nSPS) is 18.7. The molecule has 1 aromatic carbocycles. The van der Waals surface area contributed by atoms with Gasteiger partial charge in [-0.3, -0.25) is 14.9 Å². The Morgan fingerprint density at radius 3 is 2.62 bits per heavy atom. The van der Waals surface area contributed by atoms with Crippen molar-refractivity contribution in [3.05, 3.63) is 63.1 Å². The van der Waals surface area contributed by atoms with Gasteiger partial charge in [-0.25, -0.2) is 0 Å². The van der Waals surface area contributed by atoms with Gasteiger partial charge in [0.2, 0.25) is 0 Å². The van der Waals surface area contributed by atoms with Crippen LogP contribution in [0.4, 0.5) is 5.69 Å². The lowest BCUT2D eigenvalue weighted by molar-refractivity contribution is -0.384. The molecule has 0 saturated carbocycles. The molecule has 1 heterocycles. The van der Waals surface area contributed by atoms with E-state index in [-0.39, 0.29) is 23.1 Å². The predicted octanol–water partition coefficient (Wildman–Crippen LogP) is 3.94. The average molecular weight is 328 g/mol. The Labute approximate surface area is 140 Å². The first-order valence-electron chi connectivity index (χ1n) is 7.89. The summed E-state index contributed by atoms with van der Waals surface area (Å²) in [5.74, 6) is 0.692. The van der Waals surface area contributed by atoms with Gasteiger partial charge in [0.1, 0.15) is 5.76 Å². The minimum atomic E-state index is -0.480. The molecule has 1 amide bonds. The van der Waals surface area contributed by atoms with Crippen molar-refractivity contribution >= 4 is 11.6 Å². The number of hydrogen-bond acceptors (Lipinski definition) is 4. The monoisotopic (exact) mass is 328 g/mol. The van der Waals surface area contributed by atoms with Crippen LogP contribution in [0.15, 0.2) is 34.9 Å². The van der Waals surface area contributed by atoms with Crippen LogP contribution in [0.3, 0.4) is 0 Å². The lowest BCUT2D eigenvalue weighted by atomic mass is 9.74. The number of furan rings is 1. The number of fused-ring (bicyclic) bond motifs is 1. The Balaban J connectivity index is 1.83. The molecule has 0 spiro atoms. The van der Waals surface area contributed by atoms with E-state index in [4.69, 9.17) is 4.42 Å². The average Bonchev–Trinajstić information content (AvgIpc) is 2.87. The van der Waals surface area contributed by atoms with Gasteiger partial charge >= 0.3 is 0 Å². The maximum atomic E-state index is 12.5. The molecule has 3 rings (SSSR count). The van der Waals surface area contributed by atoms with Crippen molar-refractivity contribution in [2.75, 3.05) is 0 Å². The smallest absolute Gasteiger partial charge is 0.269 e. The molecule has 0 radical (unpaired) electrons. The van der Waals surface area contributed by atoms with Crippen LogP contribution >= 0.6 is 0 Å². The summed E-state index contributed by atoms with van der Waals surface area (Å²) in [6.07, 6.45) is 3.40. The van der Waals surface area contributed by atoms with Crippen LogP contribution in [0.25, 0.3) is 0 Å². The topological polar surface area (TPSA) is 85.4 Å². The summed E-state index contributed by atoms with van der Waals surface area (Å²) in [6.45, 7) is 6.28. The number of nitrogens with zero attached hydrogens (tertiary/aromatic N) is 1. The number of amides is 1. The number of non-ortho nitro benzene ring substituents is 1. The zero-order valence-electron chi connectivity index (χ0n) is 14.0. The summed E-state index contributed by atoms with van der Waals surface area (Å²) in [5, 5.41) is 13.8. The van der Waals surface area contributed by atoms with E-state index < -0.39 is 4.92 Å². The minimum Gasteiger partial charge on any atom is -0.469 e. The predicted molar refractivity (Wildman–Crippen MR) is 88.9 cm³/mol. The molecule has 1 aliphatic rings. The van der Waals surface area contributed by atoms with Gasteiger partial charge < -0.3 is 9.73 Å². The first-order chi connectivity index (χ1) is 11.3. The maximum absolute atomic E-state index is 12.5. The van der Waals surface area contributed by atoms with Gasteiger partial charge in [-0.05, 0) is 36.5 Å². The third kappa shape index (κ3) is 3.04. The van der Waals surface area contributed by atoms with E-state index >= 15 is 0 Å². The molecule has 1 unspecified atom stereocenters. The lowest BCUT2D eigenvalue weighted by Crippen LogP contribution is -2.36. The number of carbonyl (C=O) groups excluding carboxylic acids is 1. The lowest BCUT2D eigenvalue weighted by Gasteiger charge is -2.35. The van der Waals surface area contributed by atoms with Crippen LogP contribution in [-0.2, 0) is 6.42 Å². The molecule has 1 N–H and O–H groups in total. The van der Waals surface area contributed by atoms with Crippen LogP contribution in [0.1, 0.15) is 53.6 Å². The fourth-order valence-electron chi connectivity index (χ4n) is 3.37. The second-order valence-corrected chi connectivity index (χ2v) is 7.13. The van der Waals surface area contributed by atoms with Gasteiger partial charge in [0, 0.05) is 29.7 Å². The number of benzene rings is 1. The van der Waals surface area contributed by atoms with Gasteiger partial charge in [-0.15, -0.1) is 0 Å².